The highest BCUT2D eigenvalue weighted by Crippen LogP contribution is 2.19. The molecule has 0 aliphatic heterocycles. The van der Waals surface area contributed by atoms with Gasteiger partial charge in [0.05, 0.1) is 5.01 Å². The van der Waals surface area contributed by atoms with E-state index in [1.165, 1.54) is 23.5 Å². The third-order valence-corrected chi connectivity index (χ3v) is 2.63. The Morgan fingerprint density at radius 1 is 1.43 bits per heavy atom. The van der Waals surface area contributed by atoms with Gasteiger partial charge in [-0.3, -0.25) is 0 Å². The fourth-order valence-corrected chi connectivity index (χ4v) is 1.83. The molecule has 14 heavy (non-hydrogen) atoms. The number of phenols is 1. The summed E-state index contributed by atoms with van der Waals surface area (Å²) >= 11 is 1.53. The van der Waals surface area contributed by atoms with Gasteiger partial charge in [-0.25, -0.2) is 9.37 Å². The molecule has 0 radical (unpaired) electrons. The molecule has 0 fully saturated rings. The number of rotatable bonds is 2. The van der Waals surface area contributed by atoms with Crippen LogP contribution in [-0.4, -0.2) is 10.1 Å². The van der Waals surface area contributed by atoms with Crippen molar-refractivity contribution in [1.82, 2.24) is 4.98 Å². The minimum atomic E-state index is -0.584. The molecule has 0 bridgehead atoms. The van der Waals surface area contributed by atoms with E-state index >= 15 is 0 Å². The molecule has 1 aromatic heterocycles. The second-order valence-corrected chi connectivity index (χ2v) is 3.87. The van der Waals surface area contributed by atoms with Crippen LogP contribution in [0.4, 0.5) is 4.39 Å². The van der Waals surface area contributed by atoms with Crippen LogP contribution in [0.2, 0.25) is 0 Å². The highest BCUT2D eigenvalue weighted by atomic mass is 32.1. The summed E-state index contributed by atoms with van der Waals surface area (Å²) in [5.41, 5.74) is 0.815. The zero-order valence-corrected chi connectivity index (χ0v) is 8.09. The molecule has 0 amide bonds. The lowest BCUT2D eigenvalue weighted by Crippen LogP contribution is -1.88. The van der Waals surface area contributed by atoms with E-state index in [-0.39, 0.29) is 5.75 Å². The third-order valence-electron chi connectivity index (χ3n) is 1.85. The average Bonchev–Trinajstić information content (AvgIpc) is 2.64. The summed E-state index contributed by atoms with van der Waals surface area (Å²) in [7, 11) is 0. The lowest BCUT2D eigenvalue weighted by Gasteiger charge is -1.99. The van der Waals surface area contributed by atoms with Gasteiger partial charge in [0.15, 0.2) is 11.6 Å². The van der Waals surface area contributed by atoms with Crippen LogP contribution in [0, 0.1) is 5.82 Å². The molecule has 72 valence electrons. The molecule has 0 saturated carbocycles. The van der Waals surface area contributed by atoms with Gasteiger partial charge in [0, 0.05) is 18.0 Å². The van der Waals surface area contributed by atoms with Crippen molar-refractivity contribution in [3.63, 3.8) is 0 Å². The summed E-state index contributed by atoms with van der Waals surface area (Å²) in [4.78, 5) is 4.10. The van der Waals surface area contributed by atoms with Crippen LogP contribution < -0.4 is 0 Å². The molecule has 1 aromatic carbocycles. The topological polar surface area (TPSA) is 33.1 Å². The molecule has 0 aliphatic carbocycles. The van der Waals surface area contributed by atoms with Gasteiger partial charge in [-0.1, -0.05) is 6.07 Å². The maximum absolute atomic E-state index is 12.9. The largest absolute Gasteiger partial charge is 0.505 e. The van der Waals surface area contributed by atoms with E-state index in [1.807, 2.05) is 5.38 Å². The Bertz CT molecular complexity index is 428. The van der Waals surface area contributed by atoms with Gasteiger partial charge < -0.3 is 5.11 Å². The van der Waals surface area contributed by atoms with Crippen LogP contribution in [0.3, 0.4) is 0 Å². The quantitative estimate of drug-likeness (QED) is 0.824. The minimum Gasteiger partial charge on any atom is -0.505 e. The molecule has 0 spiro atoms. The first-order valence-electron chi connectivity index (χ1n) is 4.11. The normalized spacial score (nSPS) is 10.4. The number of nitrogens with zero attached hydrogens (tertiary/aromatic N) is 1. The van der Waals surface area contributed by atoms with Gasteiger partial charge in [-0.2, -0.15) is 0 Å². The number of aromatic nitrogens is 1. The van der Waals surface area contributed by atoms with Gasteiger partial charge in [-0.15, -0.1) is 11.3 Å². The van der Waals surface area contributed by atoms with Crippen LogP contribution in [-0.2, 0) is 6.42 Å². The third kappa shape index (κ3) is 1.90. The fraction of sp³-hybridized carbons (Fsp3) is 0.100. The summed E-state index contributed by atoms with van der Waals surface area (Å²) in [6, 6.07) is 4.38. The van der Waals surface area contributed by atoms with Crippen LogP contribution >= 0.6 is 11.3 Å². The van der Waals surface area contributed by atoms with E-state index in [0.717, 1.165) is 10.6 Å². The smallest absolute Gasteiger partial charge is 0.165 e. The van der Waals surface area contributed by atoms with Crippen LogP contribution in [0.1, 0.15) is 10.6 Å². The predicted molar refractivity (Wildman–Crippen MR) is 53.0 cm³/mol. The summed E-state index contributed by atoms with van der Waals surface area (Å²) in [5.74, 6) is -0.896. The molecule has 2 aromatic rings. The molecule has 0 aliphatic rings. The van der Waals surface area contributed by atoms with Crippen molar-refractivity contribution in [2.75, 3.05) is 0 Å². The van der Waals surface area contributed by atoms with Gasteiger partial charge in [0.25, 0.3) is 0 Å². The summed E-state index contributed by atoms with van der Waals surface area (Å²) in [6.45, 7) is 0. The number of hydrogen-bond donors (Lipinski definition) is 1. The molecule has 4 heteroatoms. The standard InChI is InChI=1S/C10H8FNOS/c11-8-5-7(1-2-9(8)13)6-10-12-3-4-14-10/h1-5,13H,6H2. The maximum Gasteiger partial charge on any atom is 0.165 e. The summed E-state index contributed by atoms with van der Waals surface area (Å²) in [5, 5.41) is 11.8. The molecule has 2 rings (SSSR count). The number of phenolic OH excluding ortho intramolecular Hbond substituents is 1. The molecule has 0 unspecified atom stereocenters. The first-order chi connectivity index (χ1) is 6.75. The first-order valence-corrected chi connectivity index (χ1v) is 4.99. The highest BCUT2D eigenvalue weighted by molar-refractivity contribution is 7.09. The SMILES string of the molecule is Oc1ccc(Cc2nccs2)cc1F. The summed E-state index contributed by atoms with van der Waals surface area (Å²) < 4.78 is 12.9. The van der Waals surface area contributed by atoms with Crippen molar-refractivity contribution in [2.45, 2.75) is 6.42 Å². The minimum absolute atomic E-state index is 0.312. The van der Waals surface area contributed by atoms with E-state index in [9.17, 15) is 4.39 Å². The lowest BCUT2D eigenvalue weighted by molar-refractivity contribution is 0.432. The Morgan fingerprint density at radius 2 is 2.29 bits per heavy atom. The van der Waals surface area contributed by atoms with Crippen molar-refractivity contribution in [2.24, 2.45) is 0 Å². The Hall–Kier alpha value is -1.42. The van der Waals surface area contributed by atoms with Crippen LogP contribution in [0.5, 0.6) is 5.75 Å². The second-order valence-electron chi connectivity index (χ2n) is 2.89. The van der Waals surface area contributed by atoms with E-state index in [1.54, 1.807) is 12.3 Å². The van der Waals surface area contributed by atoms with Crippen molar-refractivity contribution in [3.8, 4) is 5.75 Å². The maximum atomic E-state index is 12.9. The molecule has 0 saturated heterocycles. The fourth-order valence-electron chi connectivity index (χ4n) is 1.18. The van der Waals surface area contributed by atoms with Crippen molar-refractivity contribution in [1.29, 1.82) is 0 Å². The molecule has 1 heterocycles. The Morgan fingerprint density at radius 3 is 2.93 bits per heavy atom. The van der Waals surface area contributed by atoms with Gasteiger partial charge in [0.1, 0.15) is 0 Å². The van der Waals surface area contributed by atoms with Crippen molar-refractivity contribution in [3.05, 3.63) is 46.2 Å². The first kappa shape index (κ1) is 9.15. The number of benzene rings is 1. The van der Waals surface area contributed by atoms with Gasteiger partial charge >= 0.3 is 0 Å². The van der Waals surface area contributed by atoms with E-state index in [0.29, 0.717) is 6.42 Å². The van der Waals surface area contributed by atoms with Gasteiger partial charge in [-0.05, 0) is 17.7 Å². The van der Waals surface area contributed by atoms with E-state index in [4.69, 9.17) is 5.11 Å². The average molecular weight is 209 g/mol. The Labute approximate surface area is 84.7 Å². The molecule has 1 N–H and O–H groups in total. The second kappa shape index (κ2) is 3.75. The van der Waals surface area contributed by atoms with Crippen LogP contribution in [0.25, 0.3) is 0 Å². The highest BCUT2D eigenvalue weighted by Gasteiger charge is 2.03. The van der Waals surface area contributed by atoms with E-state index in [2.05, 4.69) is 4.98 Å². The zero-order chi connectivity index (χ0) is 9.97. The lowest BCUT2D eigenvalue weighted by atomic mass is 10.1. The number of halogens is 1. The van der Waals surface area contributed by atoms with Gasteiger partial charge in [0.2, 0.25) is 0 Å². The summed E-state index contributed by atoms with van der Waals surface area (Å²) in [6.07, 6.45) is 2.33. The predicted octanol–water partition coefficient (Wildman–Crippen LogP) is 2.58. The molecule has 2 nitrogen and oxygen atoms in total. The Balaban J connectivity index is 2.22. The molecular weight excluding hydrogens is 201 g/mol. The van der Waals surface area contributed by atoms with Crippen LogP contribution in [0.15, 0.2) is 29.8 Å². The van der Waals surface area contributed by atoms with E-state index < -0.39 is 5.82 Å². The number of thiazole rings is 1. The van der Waals surface area contributed by atoms with Crippen molar-refractivity contribution < 1.29 is 9.50 Å². The molecule has 0 atom stereocenters. The van der Waals surface area contributed by atoms with Crippen molar-refractivity contribution >= 4 is 11.3 Å². The monoisotopic (exact) mass is 209 g/mol. The Kier molecular flexibility index (Phi) is 2.45. The molecular formula is C10H8FNOS. The number of hydrogen-bond acceptors (Lipinski definition) is 3. The zero-order valence-electron chi connectivity index (χ0n) is 7.27. The number of aromatic hydroxyl groups is 1.